The van der Waals surface area contributed by atoms with Gasteiger partial charge in [-0.05, 0) is 29.0 Å². The molecule has 0 saturated carbocycles. The number of hydrogen-bond acceptors (Lipinski definition) is 3. The molecule has 19 heavy (non-hydrogen) atoms. The molecular weight excluding hydrogens is 260 g/mol. The minimum absolute atomic E-state index is 0.0848. The molecule has 0 unspecified atom stereocenters. The van der Waals surface area contributed by atoms with Gasteiger partial charge in [-0.2, -0.15) is 0 Å². The Labute approximate surface area is 116 Å². The van der Waals surface area contributed by atoms with Gasteiger partial charge in [-0.3, -0.25) is 0 Å². The van der Waals surface area contributed by atoms with E-state index < -0.39 is 10.0 Å². The fourth-order valence-electron chi connectivity index (χ4n) is 1.41. The Morgan fingerprint density at radius 3 is 2.47 bits per heavy atom. The molecule has 1 aromatic carbocycles. The monoisotopic (exact) mass is 284 g/mol. The van der Waals surface area contributed by atoms with E-state index in [-0.39, 0.29) is 10.3 Å². The summed E-state index contributed by atoms with van der Waals surface area (Å²) in [5, 5.41) is 0. The first-order chi connectivity index (χ1) is 8.69. The quantitative estimate of drug-likeness (QED) is 0.840. The average Bonchev–Trinajstić information content (AvgIpc) is 2.36. The molecule has 0 aromatic heterocycles. The molecule has 3 N–H and O–H groups in total. The zero-order chi connectivity index (χ0) is 14.7. The van der Waals surface area contributed by atoms with Crippen molar-refractivity contribution in [2.24, 2.45) is 17.1 Å². The van der Waals surface area contributed by atoms with E-state index in [1.54, 1.807) is 18.2 Å². The van der Waals surface area contributed by atoms with Crippen molar-refractivity contribution in [1.82, 2.24) is 4.72 Å². The van der Waals surface area contributed by atoms with E-state index in [0.717, 1.165) is 5.56 Å². The zero-order valence-corrected chi connectivity index (χ0v) is 12.9. The Morgan fingerprint density at radius 2 is 1.95 bits per heavy atom. The van der Waals surface area contributed by atoms with E-state index in [2.05, 4.69) is 32.4 Å². The van der Waals surface area contributed by atoms with Gasteiger partial charge in [0.15, 0.2) is 0 Å². The van der Waals surface area contributed by atoms with Crippen LogP contribution in [0.4, 0.5) is 0 Å². The normalized spacial score (nSPS) is 12.9. The molecule has 108 valence electrons. The molecule has 0 fully saturated rings. The second-order valence-electron chi connectivity index (χ2n) is 5.82. The zero-order valence-electron chi connectivity index (χ0n) is 12.1. The van der Waals surface area contributed by atoms with Crippen LogP contribution in [-0.4, -0.2) is 15.0 Å². The lowest BCUT2D eigenvalue weighted by atomic mass is 9.81. The molecule has 0 aliphatic carbocycles. The molecule has 0 aliphatic heterocycles. The Balaban J connectivity index is 2.87. The molecule has 0 saturated heterocycles. The van der Waals surface area contributed by atoms with Gasteiger partial charge >= 0.3 is 0 Å². The maximum Gasteiger partial charge on any atom is 0.240 e. The van der Waals surface area contributed by atoms with Gasteiger partial charge in [0, 0.05) is 13.1 Å². The smallest absolute Gasteiger partial charge is 0.240 e. The highest BCUT2D eigenvalue weighted by Gasteiger charge is 2.25. The van der Waals surface area contributed by atoms with Crippen LogP contribution in [0.1, 0.15) is 33.3 Å². The van der Waals surface area contributed by atoms with Crippen molar-refractivity contribution in [2.45, 2.75) is 39.1 Å². The van der Waals surface area contributed by atoms with E-state index in [1.807, 2.05) is 6.07 Å². The van der Waals surface area contributed by atoms with Crippen LogP contribution in [0.15, 0.2) is 29.2 Å². The molecule has 0 atom stereocenters. The van der Waals surface area contributed by atoms with Gasteiger partial charge < -0.3 is 5.73 Å². The molecule has 4 nitrogen and oxygen atoms in total. The number of nitrogens with two attached hydrogens (primary N) is 1. The SMILES string of the molecule is CC(C)C(C)(C)CNS(=O)(=O)c1cccc(CN)c1. The lowest BCUT2D eigenvalue weighted by molar-refractivity contribution is 0.252. The fraction of sp³-hybridized carbons (Fsp3) is 0.571. The molecular formula is C14H24N2O2S. The van der Waals surface area contributed by atoms with Gasteiger partial charge in [0.1, 0.15) is 0 Å². The Kier molecular flexibility index (Phi) is 5.12. The van der Waals surface area contributed by atoms with Gasteiger partial charge in [-0.15, -0.1) is 0 Å². The maximum atomic E-state index is 12.2. The minimum Gasteiger partial charge on any atom is -0.326 e. The predicted molar refractivity (Wildman–Crippen MR) is 78.1 cm³/mol. The van der Waals surface area contributed by atoms with Crippen LogP contribution >= 0.6 is 0 Å². The fourth-order valence-corrected chi connectivity index (χ4v) is 2.70. The van der Waals surface area contributed by atoms with Crippen molar-refractivity contribution in [3.63, 3.8) is 0 Å². The number of benzene rings is 1. The Hall–Kier alpha value is -0.910. The second kappa shape index (κ2) is 6.03. The average molecular weight is 284 g/mol. The highest BCUT2D eigenvalue weighted by molar-refractivity contribution is 7.89. The third kappa shape index (κ3) is 4.30. The summed E-state index contributed by atoms with van der Waals surface area (Å²) >= 11 is 0. The Bertz CT molecular complexity index is 522. The van der Waals surface area contributed by atoms with E-state index in [4.69, 9.17) is 5.73 Å². The summed E-state index contributed by atoms with van der Waals surface area (Å²) in [6.45, 7) is 9.03. The van der Waals surface area contributed by atoms with Crippen molar-refractivity contribution < 1.29 is 8.42 Å². The van der Waals surface area contributed by atoms with Crippen molar-refractivity contribution in [3.8, 4) is 0 Å². The number of rotatable bonds is 6. The highest BCUT2D eigenvalue weighted by atomic mass is 32.2. The van der Waals surface area contributed by atoms with Crippen LogP contribution < -0.4 is 10.5 Å². The van der Waals surface area contributed by atoms with Crippen molar-refractivity contribution >= 4 is 10.0 Å². The van der Waals surface area contributed by atoms with Gasteiger partial charge in [0.05, 0.1) is 4.90 Å². The van der Waals surface area contributed by atoms with Gasteiger partial charge in [-0.1, -0.05) is 39.8 Å². The standard InChI is InChI=1S/C14H24N2O2S/c1-11(2)14(3,4)10-16-19(17,18)13-7-5-6-12(8-13)9-15/h5-8,11,16H,9-10,15H2,1-4H3. The molecule has 0 bridgehead atoms. The summed E-state index contributed by atoms with van der Waals surface area (Å²) in [5.41, 5.74) is 6.26. The maximum absolute atomic E-state index is 12.2. The van der Waals surface area contributed by atoms with E-state index in [9.17, 15) is 8.42 Å². The summed E-state index contributed by atoms with van der Waals surface area (Å²) in [7, 11) is -3.47. The lowest BCUT2D eigenvalue weighted by Gasteiger charge is -2.29. The van der Waals surface area contributed by atoms with Crippen LogP contribution in [0.5, 0.6) is 0 Å². The van der Waals surface area contributed by atoms with Gasteiger partial charge in [-0.25, -0.2) is 13.1 Å². The molecule has 1 rings (SSSR count). The molecule has 1 aromatic rings. The molecule has 0 spiro atoms. The topological polar surface area (TPSA) is 72.2 Å². The molecule has 0 aliphatic rings. The van der Waals surface area contributed by atoms with Crippen LogP contribution in [0.25, 0.3) is 0 Å². The first-order valence-electron chi connectivity index (χ1n) is 6.48. The molecule has 0 radical (unpaired) electrons. The molecule has 5 heteroatoms. The number of nitrogens with one attached hydrogen (secondary N) is 1. The largest absolute Gasteiger partial charge is 0.326 e. The summed E-state index contributed by atoms with van der Waals surface area (Å²) in [5.74, 6) is 0.394. The van der Waals surface area contributed by atoms with E-state index >= 15 is 0 Å². The van der Waals surface area contributed by atoms with Crippen LogP contribution in [0.2, 0.25) is 0 Å². The van der Waals surface area contributed by atoms with Crippen LogP contribution in [-0.2, 0) is 16.6 Å². The van der Waals surface area contributed by atoms with E-state index in [1.165, 1.54) is 0 Å². The predicted octanol–water partition coefficient (Wildman–Crippen LogP) is 2.11. The van der Waals surface area contributed by atoms with Crippen molar-refractivity contribution in [1.29, 1.82) is 0 Å². The number of hydrogen-bond donors (Lipinski definition) is 2. The lowest BCUT2D eigenvalue weighted by Crippen LogP contribution is -2.37. The molecule has 0 amide bonds. The summed E-state index contributed by atoms with van der Waals surface area (Å²) in [6, 6.07) is 6.73. The molecule has 0 heterocycles. The third-order valence-corrected chi connectivity index (χ3v) is 5.12. The highest BCUT2D eigenvalue weighted by Crippen LogP contribution is 2.25. The van der Waals surface area contributed by atoms with Crippen LogP contribution in [0, 0.1) is 11.3 Å². The third-order valence-electron chi connectivity index (χ3n) is 3.73. The van der Waals surface area contributed by atoms with Gasteiger partial charge in [0.25, 0.3) is 0 Å². The van der Waals surface area contributed by atoms with Crippen molar-refractivity contribution in [3.05, 3.63) is 29.8 Å². The number of sulfonamides is 1. The summed E-state index contributed by atoms with van der Waals surface area (Å²) < 4.78 is 27.1. The first kappa shape index (κ1) is 16.1. The van der Waals surface area contributed by atoms with E-state index in [0.29, 0.717) is 19.0 Å². The summed E-state index contributed by atoms with van der Waals surface area (Å²) in [4.78, 5) is 0.273. The van der Waals surface area contributed by atoms with Crippen molar-refractivity contribution in [2.75, 3.05) is 6.54 Å². The minimum atomic E-state index is -3.47. The Morgan fingerprint density at radius 1 is 1.32 bits per heavy atom. The first-order valence-corrected chi connectivity index (χ1v) is 7.96. The second-order valence-corrected chi connectivity index (χ2v) is 7.59. The van der Waals surface area contributed by atoms with Gasteiger partial charge in [0.2, 0.25) is 10.0 Å². The van der Waals surface area contributed by atoms with Crippen LogP contribution in [0.3, 0.4) is 0 Å². The summed E-state index contributed by atoms with van der Waals surface area (Å²) in [6.07, 6.45) is 0.